The van der Waals surface area contributed by atoms with Crippen LogP contribution in [0.1, 0.15) is 66.1 Å². The SMILES string of the molecule is C=CC(C)(CNC(C)(C)C)Cc1ccn(C(CC)CC)n1. The highest BCUT2D eigenvalue weighted by molar-refractivity contribution is 5.08. The van der Waals surface area contributed by atoms with Gasteiger partial charge in [-0.05, 0) is 39.7 Å². The molecule has 1 aromatic rings. The van der Waals surface area contributed by atoms with E-state index < -0.39 is 0 Å². The van der Waals surface area contributed by atoms with E-state index in [-0.39, 0.29) is 11.0 Å². The van der Waals surface area contributed by atoms with Crippen molar-refractivity contribution in [1.29, 1.82) is 0 Å². The van der Waals surface area contributed by atoms with Crippen molar-refractivity contribution in [2.45, 2.75) is 72.4 Å². The molecule has 0 radical (unpaired) electrons. The first-order valence-electron chi connectivity index (χ1n) is 8.15. The highest BCUT2D eigenvalue weighted by Gasteiger charge is 2.24. The second-order valence-corrected chi connectivity index (χ2v) is 7.40. The Morgan fingerprint density at radius 1 is 1.29 bits per heavy atom. The Morgan fingerprint density at radius 2 is 1.90 bits per heavy atom. The largest absolute Gasteiger partial charge is 0.311 e. The van der Waals surface area contributed by atoms with E-state index in [4.69, 9.17) is 5.10 Å². The van der Waals surface area contributed by atoms with Crippen LogP contribution in [0.15, 0.2) is 24.9 Å². The lowest BCUT2D eigenvalue weighted by Crippen LogP contribution is -2.43. The molecule has 0 aliphatic heterocycles. The molecule has 0 aromatic carbocycles. The zero-order valence-corrected chi connectivity index (χ0v) is 14.7. The second-order valence-electron chi connectivity index (χ2n) is 7.40. The number of aromatic nitrogens is 2. The summed E-state index contributed by atoms with van der Waals surface area (Å²) in [5, 5.41) is 8.35. The first-order chi connectivity index (χ1) is 9.73. The van der Waals surface area contributed by atoms with Gasteiger partial charge in [0.25, 0.3) is 0 Å². The first-order valence-corrected chi connectivity index (χ1v) is 8.15. The van der Waals surface area contributed by atoms with Crippen LogP contribution in [0.25, 0.3) is 0 Å². The maximum absolute atomic E-state index is 4.77. The van der Waals surface area contributed by atoms with Crippen LogP contribution in [0.5, 0.6) is 0 Å². The van der Waals surface area contributed by atoms with Gasteiger partial charge in [-0.2, -0.15) is 5.10 Å². The monoisotopic (exact) mass is 291 g/mol. The van der Waals surface area contributed by atoms with Crippen LogP contribution >= 0.6 is 0 Å². The fraction of sp³-hybridized carbons (Fsp3) is 0.722. The Labute approximate surface area is 130 Å². The quantitative estimate of drug-likeness (QED) is 0.721. The fourth-order valence-corrected chi connectivity index (χ4v) is 2.43. The molecule has 120 valence electrons. The summed E-state index contributed by atoms with van der Waals surface area (Å²) in [6.07, 6.45) is 7.35. The molecule has 1 heterocycles. The standard InChI is InChI=1S/C18H33N3/c1-8-16(9-2)21-12-11-15(20-21)13-18(7,10-3)14-19-17(4,5)6/h10-12,16,19H,3,8-9,13-14H2,1-2,4-7H3. The molecule has 1 aromatic heterocycles. The average Bonchev–Trinajstić information content (AvgIpc) is 2.85. The van der Waals surface area contributed by atoms with Gasteiger partial charge in [-0.15, -0.1) is 6.58 Å². The molecule has 0 aliphatic rings. The van der Waals surface area contributed by atoms with Crippen LogP contribution in [-0.2, 0) is 6.42 Å². The van der Waals surface area contributed by atoms with Crippen molar-refractivity contribution in [3.05, 3.63) is 30.6 Å². The van der Waals surface area contributed by atoms with Crippen molar-refractivity contribution >= 4 is 0 Å². The molecule has 1 rings (SSSR count). The van der Waals surface area contributed by atoms with Crippen LogP contribution in [0, 0.1) is 5.41 Å². The molecule has 1 N–H and O–H groups in total. The van der Waals surface area contributed by atoms with E-state index in [1.54, 1.807) is 0 Å². The molecule has 1 atom stereocenters. The smallest absolute Gasteiger partial charge is 0.0633 e. The lowest BCUT2D eigenvalue weighted by Gasteiger charge is -2.30. The Balaban J connectivity index is 2.75. The molecular formula is C18H33N3. The summed E-state index contributed by atoms with van der Waals surface area (Å²) in [6.45, 7) is 18.2. The third-order valence-corrected chi connectivity index (χ3v) is 4.08. The van der Waals surface area contributed by atoms with Gasteiger partial charge in [0.2, 0.25) is 0 Å². The zero-order valence-electron chi connectivity index (χ0n) is 14.7. The van der Waals surface area contributed by atoms with E-state index >= 15 is 0 Å². The van der Waals surface area contributed by atoms with Gasteiger partial charge in [-0.25, -0.2) is 0 Å². The van der Waals surface area contributed by atoms with Crippen molar-refractivity contribution in [3.8, 4) is 0 Å². The summed E-state index contributed by atoms with van der Waals surface area (Å²) in [7, 11) is 0. The second kappa shape index (κ2) is 7.26. The molecule has 3 heteroatoms. The van der Waals surface area contributed by atoms with Crippen molar-refractivity contribution in [1.82, 2.24) is 15.1 Å². The summed E-state index contributed by atoms with van der Waals surface area (Å²) in [4.78, 5) is 0. The van der Waals surface area contributed by atoms with E-state index in [0.29, 0.717) is 6.04 Å². The van der Waals surface area contributed by atoms with Crippen LogP contribution in [-0.4, -0.2) is 21.9 Å². The molecule has 0 saturated carbocycles. The van der Waals surface area contributed by atoms with Crippen molar-refractivity contribution < 1.29 is 0 Å². The lowest BCUT2D eigenvalue weighted by atomic mass is 9.84. The zero-order chi connectivity index (χ0) is 16.1. The normalized spacial score (nSPS) is 15.2. The number of nitrogens with zero attached hydrogens (tertiary/aromatic N) is 2. The van der Waals surface area contributed by atoms with Gasteiger partial charge in [0.15, 0.2) is 0 Å². The Morgan fingerprint density at radius 3 is 2.38 bits per heavy atom. The number of rotatable bonds is 8. The van der Waals surface area contributed by atoms with Crippen molar-refractivity contribution in [2.75, 3.05) is 6.54 Å². The molecule has 0 spiro atoms. The molecular weight excluding hydrogens is 258 g/mol. The lowest BCUT2D eigenvalue weighted by molar-refractivity contribution is 0.319. The third-order valence-electron chi connectivity index (χ3n) is 4.08. The summed E-state index contributed by atoms with van der Waals surface area (Å²) in [6, 6.07) is 2.67. The summed E-state index contributed by atoms with van der Waals surface area (Å²) in [5.74, 6) is 0. The van der Waals surface area contributed by atoms with Gasteiger partial charge >= 0.3 is 0 Å². The summed E-state index contributed by atoms with van der Waals surface area (Å²) in [5.41, 5.74) is 1.31. The van der Waals surface area contributed by atoms with Gasteiger partial charge in [0.05, 0.1) is 11.7 Å². The van der Waals surface area contributed by atoms with Crippen molar-refractivity contribution in [2.24, 2.45) is 5.41 Å². The maximum Gasteiger partial charge on any atom is 0.0633 e. The molecule has 0 amide bonds. The fourth-order valence-electron chi connectivity index (χ4n) is 2.43. The molecule has 0 aliphatic carbocycles. The predicted octanol–water partition coefficient (Wildman–Crippen LogP) is 4.37. The van der Waals surface area contributed by atoms with E-state index in [9.17, 15) is 0 Å². The Hall–Kier alpha value is -1.09. The van der Waals surface area contributed by atoms with E-state index in [0.717, 1.165) is 31.5 Å². The highest BCUT2D eigenvalue weighted by atomic mass is 15.3. The third kappa shape index (κ3) is 5.66. The summed E-state index contributed by atoms with van der Waals surface area (Å²) < 4.78 is 2.12. The average molecular weight is 291 g/mol. The highest BCUT2D eigenvalue weighted by Crippen LogP contribution is 2.24. The van der Waals surface area contributed by atoms with Gasteiger partial charge in [0.1, 0.15) is 0 Å². The molecule has 0 fully saturated rings. The number of hydrogen-bond acceptors (Lipinski definition) is 2. The van der Waals surface area contributed by atoms with Gasteiger partial charge < -0.3 is 5.32 Å². The van der Waals surface area contributed by atoms with Crippen LogP contribution < -0.4 is 5.32 Å². The van der Waals surface area contributed by atoms with E-state index in [1.165, 1.54) is 0 Å². The van der Waals surface area contributed by atoms with Crippen LogP contribution in [0.3, 0.4) is 0 Å². The summed E-state index contributed by atoms with van der Waals surface area (Å²) >= 11 is 0. The minimum Gasteiger partial charge on any atom is -0.311 e. The molecule has 0 bridgehead atoms. The minimum absolute atomic E-state index is 0.0282. The van der Waals surface area contributed by atoms with Crippen molar-refractivity contribution in [3.63, 3.8) is 0 Å². The molecule has 21 heavy (non-hydrogen) atoms. The van der Waals surface area contributed by atoms with E-state index in [2.05, 4.69) is 76.5 Å². The predicted molar refractivity (Wildman–Crippen MR) is 91.6 cm³/mol. The minimum atomic E-state index is 0.0282. The van der Waals surface area contributed by atoms with Crippen LogP contribution in [0.4, 0.5) is 0 Å². The van der Waals surface area contributed by atoms with Gasteiger partial charge in [-0.3, -0.25) is 4.68 Å². The first kappa shape index (κ1) is 18.0. The Kier molecular flexibility index (Phi) is 6.21. The van der Waals surface area contributed by atoms with Crippen LogP contribution in [0.2, 0.25) is 0 Å². The van der Waals surface area contributed by atoms with Gasteiger partial charge in [-0.1, -0.05) is 26.8 Å². The number of nitrogens with one attached hydrogen (secondary N) is 1. The molecule has 3 nitrogen and oxygen atoms in total. The topological polar surface area (TPSA) is 29.9 Å². The number of hydrogen-bond donors (Lipinski definition) is 1. The molecule has 1 unspecified atom stereocenters. The van der Waals surface area contributed by atoms with Gasteiger partial charge in [0, 0.05) is 30.1 Å². The van der Waals surface area contributed by atoms with E-state index in [1.807, 2.05) is 0 Å². The maximum atomic E-state index is 4.77. The Bertz CT molecular complexity index is 438. The molecule has 0 saturated heterocycles.